The van der Waals surface area contributed by atoms with Crippen molar-refractivity contribution < 1.29 is 36.3 Å². The maximum atomic E-state index is 11.9. The number of phosphoric ester groups is 2. The van der Waals surface area contributed by atoms with Gasteiger partial charge in [-0.2, -0.15) is 0 Å². The fourth-order valence-corrected chi connectivity index (χ4v) is 3.70. The molecule has 16 heteroatoms. The van der Waals surface area contributed by atoms with Crippen LogP contribution in [0.15, 0.2) is 28.4 Å². The first-order valence-corrected chi connectivity index (χ1v) is 12.4. The first-order chi connectivity index (χ1) is 13.9. The summed E-state index contributed by atoms with van der Waals surface area (Å²) in [6, 6.07) is 2.84. The van der Waals surface area contributed by atoms with Gasteiger partial charge in [0, 0.05) is 39.5 Å². The maximum Gasteiger partial charge on any atom is 0.529 e. The van der Waals surface area contributed by atoms with Gasteiger partial charge < -0.3 is 9.05 Å². The predicted octanol–water partition coefficient (Wildman–Crippen LogP) is 8.28. The van der Waals surface area contributed by atoms with Gasteiger partial charge in [-0.3, -0.25) is 18.1 Å². The Morgan fingerprint density at radius 2 is 1.30 bits per heavy atom. The van der Waals surface area contributed by atoms with E-state index in [1.807, 2.05) is 0 Å². The van der Waals surface area contributed by atoms with Crippen LogP contribution in [0.25, 0.3) is 5.76 Å². The third-order valence-corrected chi connectivity index (χ3v) is 6.73. The summed E-state index contributed by atoms with van der Waals surface area (Å²) in [5.74, 6) is -0.0164. The van der Waals surface area contributed by atoms with Crippen LogP contribution < -0.4 is 0 Å². The van der Waals surface area contributed by atoms with Crippen LogP contribution in [0, 0.1) is 0 Å². The van der Waals surface area contributed by atoms with Crippen LogP contribution in [0.4, 0.5) is 0 Å². The Morgan fingerprint density at radius 3 is 1.70 bits per heavy atom. The molecule has 0 radical (unpaired) electrons. The molecule has 1 aromatic rings. The summed E-state index contributed by atoms with van der Waals surface area (Å²) >= 11 is 33.6. The van der Waals surface area contributed by atoms with Gasteiger partial charge in [0.05, 0.1) is 15.1 Å². The van der Waals surface area contributed by atoms with Crippen LogP contribution in [0.1, 0.15) is 5.56 Å². The molecule has 0 saturated carbocycles. The van der Waals surface area contributed by atoms with Crippen LogP contribution in [0.3, 0.4) is 0 Å². The topological polar surface area (TPSA) is 89.5 Å². The summed E-state index contributed by atoms with van der Waals surface area (Å²) in [5.41, 5.74) is 1.34. The summed E-state index contributed by atoms with van der Waals surface area (Å²) in [4.78, 5) is 0. The van der Waals surface area contributed by atoms with E-state index in [1.54, 1.807) is 0 Å². The highest BCUT2D eigenvalue weighted by Crippen LogP contribution is 2.52. The lowest BCUT2D eigenvalue weighted by atomic mass is 10.2. The highest BCUT2D eigenvalue weighted by atomic mass is 35.5. The van der Waals surface area contributed by atoms with Crippen LogP contribution in [0.5, 0.6) is 0 Å². The van der Waals surface area contributed by atoms with Gasteiger partial charge >= 0.3 is 15.6 Å². The standard InChI is InChI=1S/C10H9Cl4O4P.C4H7Cl2O4P/c1-16-19(15,17-2)18-10(5-11)6-3-8(13)9(14)4-7(6)12;1-8-11(7,9-2)10-3-4(5)6/h3-5H,1-2H3;3H,1-2H3/b10-5+;. The molecule has 0 unspecified atom stereocenters. The van der Waals surface area contributed by atoms with Gasteiger partial charge in [-0.15, -0.1) is 0 Å². The Balaban J connectivity index is 0.000000654. The minimum atomic E-state index is -3.75. The van der Waals surface area contributed by atoms with E-state index in [-0.39, 0.29) is 25.3 Å². The van der Waals surface area contributed by atoms with Gasteiger partial charge in [0.15, 0.2) is 5.76 Å². The van der Waals surface area contributed by atoms with E-state index in [9.17, 15) is 9.13 Å². The molecule has 0 aromatic heterocycles. The Labute approximate surface area is 204 Å². The Hall–Kier alpha value is 0.340. The largest absolute Gasteiger partial charge is 0.529 e. The summed E-state index contributed by atoms with van der Waals surface area (Å²) in [5, 5.41) is 0.733. The van der Waals surface area contributed by atoms with Crippen molar-refractivity contribution in [2.24, 2.45) is 0 Å². The number of halogens is 6. The Bertz CT molecular complexity index is 843. The van der Waals surface area contributed by atoms with E-state index in [0.717, 1.165) is 11.8 Å². The zero-order valence-electron chi connectivity index (χ0n) is 15.7. The SMILES string of the molecule is COP(=O)(OC)O/C(=C/Cl)c1cc(Cl)c(Cl)cc1Cl.COP(=O)(OC)OC=C(Cl)Cl. The van der Waals surface area contributed by atoms with Crippen molar-refractivity contribution >= 4 is 91.0 Å². The molecule has 0 bridgehead atoms. The van der Waals surface area contributed by atoms with E-state index in [0.29, 0.717) is 5.56 Å². The molecule has 0 N–H and O–H groups in total. The van der Waals surface area contributed by atoms with Crippen LogP contribution in [-0.4, -0.2) is 28.4 Å². The van der Waals surface area contributed by atoms with Gasteiger partial charge in [-0.1, -0.05) is 69.6 Å². The van der Waals surface area contributed by atoms with Crippen molar-refractivity contribution in [3.05, 3.63) is 49.1 Å². The first kappa shape index (κ1) is 30.3. The molecule has 0 heterocycles. The Kier molecular flexibility index (Phi) is 14.6. The summed E-state index contributed by atoms with van der Waals surface area (Å²) in [6.07, 6.45) is 0.872. The first-order valence-electron chi connectivity index (χ1n) is 7.18. The zero-order valence-corrected chi connectivity index (χ0v) is 22.1. The van der Waals surface area contributed by atoms with Crippen LogP contribution >= 0.6 is 85.3 Å². The predicted molar refractivity (Wildman–Crippen MR) is 121 cm³/mol. The van der Waals surface area contributed by atoms with E-state index in [2.05, 4.69) is 22.6 Å². The van der Waals surface area contributed by atoms with Gasteiger partial charge in [0.25, 0.3) is 0 Å². The van der Waals surface area contributed by atoms with E-state index < -0.39 is 15.6 Å². The van der Waals surface area contributed by atoms with Gasteiger partial charge in [0.2, 0.25) is 0 Å². The Morgan fingerprint density at radius 1 is 0.833 bits per heavy atom. The molecule has 1 rings (SSSR count). The summed E-state index contributed by atoms with van der Waals surface area (Å²) < 4.78 is 50.4. The molecular weight excluding hydrogens is 571 g/mol. The van der Waals surface area contributed by atoms with Gasteiger partial charge in [0.1, 0.15) is 10.8 Å². The van der Waals surface area contributed by atoms with Gasteiger partial charge in [-0.05, 0) is 12.1 Å². The van der Waals surface area contributed by atoms with Crippen LogP contribution in [0.2, 0.25) is 15.1 Å². The monoisotopic (exact) mass is 584 g/mol. The number of phosphoric acid groups is 2. The second-order valence-corrected chi connectivity index (χ2v) is 10.5. The quantitative estimate of drug-likeness (QED) is 0.162. The molecule has 1 aromatic carbocycles. The van der Waals surface area contributed by atoms with Crippen molar-refractivity contribution in [2.75, 3.05) is 28.4 Å². The second kappa shape index (κ2) is 14.5. The van der Waals surface area contributed by atoms with Crippen LogP contribution in [-0.2, 0) is 36.3 Å². The smallest absolute Gasteiger partial charge is 0.409 e. The molecule has 0 aliphatic carbocycles. The summed E-state index contributed by atoms with van der Waals surface area (Å²) in [6.45, 7) is 0. The van der Waals surface area contributed by atoms with Crippen molar-refractivity contribution in [3.8, 4) is 0 Å². The number of hydrogen-bond acceptors (Lipinski definition) is 8. The lowest BCUT2D eigenvalue weighted by Crippen LogP contribution is -1.96. The minimum absolute atomic E-state index is 0.0164. The fraction of sp³-hybridized carbons (Fsp3) is 0.286. The molecule has 0 aliphatic heterocycles. The molecule has 8 nitrogen and oxygen atoms in total. The maximum absolute atomic E-state index is 11.9. The van der Waals surface area contributed by atoms with Crippen molar-refractivity contribution in [1.82, 2.24) is 0 Å². The number of benzene rings is 1. The summed E-state index contributed by atoms with van der Waals surface area (Å²) in [7, 11) is -2.53. The van der Waals surface area contributed by atoms with E-state index in [1.165, 1.54) is 40.6 Å². The van der Waals surface area contributed by atoms with Crippen molar-refractivity contribution in [3.63, 3.8) is 0 Å². The molecule has 0 atom stereocenters. The van der Waals surface area contributed by atoms with E-state index >= 15 is 0 Å². The van der Waals surface area contributed by atoms with E-state index in [4.69, 9.17) is 74.1 Å². The molecule has 30 heavy (non-hydrogen) atoms. The highest BCUT2D eigenvalue weighted by molar-refractivity contribution is 7.49. The zero-order chi connectivity index (χ0) is 23.5. The normalized spacial score (nSPS) is 12.0. The lowest BCUT2D eigenvalue weighted by molar-refractivity contribution is 0.193. The molecule has 0 spiro atoms. The average Bonchev–Trinajstić information content (AvgIpc) is 2.73. The third-order valence-electron chi connectivity index (χ3n) is 2.75. The number of rotatable bonds is 9. The molecular formula is C14H16Cl6O8P2. The molecule has 0 saturated heterocycles. The number of hydrogen-bond donors (Lipinski definition) is 0. The second-order valence-electron chi connectivity index (χ2n) is 4.45. The third kappa shape index (κ3) is 10.3. The minimum Gasteiger partial charge on any atom is -0.409 e. The molecule has 172 valence electrons. The molecule has 0 aliphatic rings. The van der Waals surface area contributed by atoms with Crippen molar-refractivity contribution in [1.29, 1.82) is 0 Å². The average molecular weight is 587 g/mol. The molecule has 0 fully saturated rings. The lowest BCUT2D eigenvalue weighted by Gasteiger charge is -2.17. The van der Waals surface area contributed by atoms with Gasteiger partial charge in [-0.25, -0.2) is 9.13 Å². The highest BCUT2D eigenvalue weighted by Gasteiger charge is 2.27. The molecule has 0 amide bonds. The fourth-order valence-electron chi connectivity index (χ4n) is 1.37. The van der Waals surface area contributed by atoms with Crippen molar-refractivity contribution in [2.45, 2.75) is 0 Å².